The molecule has 0 radical (unpaired) electrons. The normalized spacial score (nSPS) is 10.9. The lowest BCUT2D eigenvalue weighted by molar-refractivity contribution is 0.0782. The second kappa shape index (κ2) is 6.92. The molecule has 0 aliphatic heterocycles. The summed E-state index contributed by atoms with van der Waals surface area (Å²) >= 11 is 0. The maximum atomic E-state index is 12.7. The van der Waals surface area contributed by atoms with Crippen LogP contribution in [0.4, 0.5) is 0 Å². The van der Waals surface area contributed by atoms with Gasteiger partial charge in [0.2, 0.25) is 0 Å². The van der Waals surface area contributed by atoms with E-state index in [0.717, 1.165) is 5.39 Å². The van der Waals surface area contributed by atoms with Crippen molar-refractivity contribution in [3.8, 4) is 11.1 Å². The van der Waals surface area contributed by atoms with Crippen molar-refractivity contribution in [2.24, 2.45) is 0 Å². The van der Waals surface area contributed by atoms with E-state index in [2.05, 4.69) is 5.16 Å². The van der Waals surface area contributed by atoms with E-state index in [1.54, 1.807) is 54.4 Å². The highest BCUT2D eigenvalue weighted by molar-refractivity contribution is 5.95. The van der Waals surface area contributed by atoms with Gasteiger partial charge in [-0.15, -0.1) is 0 Å². The Labute approximate surface area is 154 Å². The number of para-hydroxylation sites is 1. The summed E-state index contributed by atoms with van der Waals surface area (Å²) in [6.45, 7) is 0.331. The first-order chi connectivity index (χ1) is 13.1. The van der Waals surface area contributed by atoms with E-state index in [-0.39, 0.29) is 5.91 Å². The van der Waals surface area contributed by atoms with Crippen LogP contribution in [0, 0.1) is 0 Å². The predicted octanol–water partition coefficient (Wildman–Crippen LogP) is 3.72. The molecule has 6 nitrogen and oxygen atoms in total. The second-order valence-electron chi connectivity index (χ2n) is 6.22. The Hall–Kier alpha value is -3.67. The third-order valence-corrected chi connectivity index (χ3v) is 4.30. The van der Waals surface area contributed by atoms with E-state index < -0.39 is 5.63 Å². The van der Waals surface area contributed by atoms with Crippen LogP contribution in [-0.4, -0.2) is 23.0 Å². The van der Waals surface area contributed by atoms with Crippen LogP contribution in [0.25, 0.3) is 22.1 Å². The Kier molecular flexibility index (Phi) is 4.30. The monoisotopic (exact) mass is 360 g/mol. The van der Waals surface area contributed by atoms with Gasteiger partial charge in [-0.05, 0) is 29.8 Å². The first-order valence-corrected chi connectivity index (χ1v) is 8.40. The molecule has 0 N–H and O–H groups in total. The lowest BCUT2D eigenvalue weighted by Crippen LogP contribution is -2.26. The SMILES string of the molecule is CN(Cc1ccon1)C(=O)c1cccc(-c2cc3ccccc3oc2=O)c1. The molecule has 2 heterocycles. The van der Waals surface area contributed by atoms with Crippen molar-refractivity contribution in [1.82, 2.24) is 10.1 Å². The Balaban J connectivity index is 1.67. The zero-order valence-electron chi connectivity index (χ0n) is 14.6. The van der Waals surface area contributed by atoms with Crippen LogP contribution in [0.1, 0.15) is 16.1 Å². The fourth-order valence-corrected chi connectivity index (χ4v) is 2.94. The van der Waals surface area contributed by atoms with Gasteiger partial charge in [-0.25, -0.2) is 4.79 Å². The minimum atomic E-state index is -0.436. The number of benzene rings is 2. The summed E-state index contributed by atoms with van der Waals surface area (Å²) < 4.78 is 10.2. The van der Waals surface area contributed by atoms with Crippen LogP contribution in [0.2, 0.25) is 0 Å². The minimum absolute atomic E-state index is 0.176. The van der Waals surface area contributed by atoms with Gasteiger partial charge in [-0.3, -0.25) is 4.79 Å². The molecule has 134 valence electrons. The molecule has 4 rings (SSSR count). The van der Waals surface area contributed by atoms with Crippen molar-refractivity contribution in [2.45, 2.75) is 6.54 Å². The average Bonchev–Trinajstić information content (AvgIpc) is 3.20. The van der Waals surface area contributed by atoms with Crippen molar-refractivity contribution < 1.29 is 13.7 Å². The van der Waals surface area contributed by atoms with Crippen molar-refractivity contribution in [3.63, 3.8) is 0 Å². The van der Waals surface area contributed by atoms with Crippen molar-refractivity contribution in [3.05, 3.63) is 88.6 Å². The molecule has 0 atom stereocenters. The van der Waals surface area contributed by atoms with Gasteiger partial charge in [0, 0.05) is 24.1 Å². The number of nitrogens with zero attached hydrogens (tertiary/aromatic N) is 2. The summed E-state index contributed by atoms with van der Waals surface area (Å²) in [4.78, 5) is 26.6. The van der Waals surface area contributed by atoms with Gasteiger partial charge in [0.1, 0.15) is 17.5 Å². The third-order valence-electron chi connectivity index (χ3n) is 4.30. The zero-order chi connectivity index (χ0) is 18.8. The fraction of sp³-hybridized carbons (Fsp3) is 0.0952. The largest absolute Gasteiger partial charge is 0.422 e. The van der Waals surface area contributed by atoms with Crippen LogP contribution >= 0.6 is 0 Å². The van der Waals surface area contributed by atoms with Gasteiger partial charge >= 0.3 is 5.63 Å². The molecule has 0 bridgehead atoms. The fourth-order valence-electron chi connectivity index (χ4n) is 2.94. The minimum Gasteiger partial charge on any atom is -0.422 e. The molecule has 1 amide bonds. The predicted molar refractivity (Wildman–Crippen MR) is 100 cm³/mol. The van der Waals surface area contributed by atoms with Gasteiger partial charge in [-0.2, -0.15) is 0 Å². The Morgan fingerprint density at radius 3 is 2.74 bits per heavy atom. The molecule has 0 saturated carbocycles. The summed E-state index contributed by atoms with van der Waals surface area (Å²) in [6, 6.07) is 17.8. The Bertz CT molecular complexity index is 1160. The van der Waals surface area contributed by atoms with E-state index in [1.807, 2.05) is 18.2 Å². The number of aromatic nitrogens is 1. The van der Waals surface area contributed by atoms with Crippen LogP contribution in [0.15, 0.2) is 80.7 Å². The van der Waals surface area contributed by atoms with Crippen LogP contribution in [0.3, 0.4) is 0 Å². The molecule has 0 aliphatic rings. The summed E-state index contributed by atoms with van der Waals surface area (Å²) in [5, 5.41) is 4.64. The van der Waals surface area contributed by atoms with E-state index in [1.165, 1.54) is 6.26 Å². The maximum absolute atomic E-state index is 12.7. The van der Waals surface area contributed by atoms with E-state index in [0.29, 0.717) is 34.5 Å². The molecule has 27 heavy (non-hydrogen) atoms. The molecule has 0 unspecified atom stereocenters. The first kappa shape index (κ1) is 16.8. The van der Waals surface area contributed by atoms with E-state index in [4.69, 9.17) is 8.94 Å². The zero-order valence-corrected chi connectivity index (χ0v) is 14.6. The van der Waals surface area contributed by atoms with Gasteiger partial charge in [0.15, 0.2) is 0 Å². The number of fused-ring (bicyclic) bond motifs is 1. The number of hydrogen-bond acceptors (Lipinski definition) is 5. The highest BCUT2D eigenvalue weighted by Crippen LogP contribution is 2.22. The van der Waals surface area contributed by atoms with Gasteiger partial charge in [-0.1, -0.05) is 35.5 Å². The van der Waals surface area contributed by atoms with E-state index in [9.17, 15) is 9.59 Å². The molecule has 0 saturated heterocycles. The Morgan fingerprint density at radius 1 is 1.07 bits per heavy atom. The average molecular weight is 360 g/mol. The summed E-state index contributed by atoms with van der Waals surface area (Å²) in [7, 11) is 1.69. The molecule has 0 fully saturated rings. The van der Waals surface area contributed by atoms with Gasteiger partial charge < -0.3 is 13.8 Å². The number of rotatable bonds is 4. The molecule has 2 aromatic heterocycles. The van der Waals surface area contributed by atoms with Crippen molar-refractivity contribution in [1.29, 1.82) is 0 Å². The number of carbonyl (C=O) groups excluding carboxylic acids is 1. The maximum Gasteiger partial charge on any atom is 0.344 e. The molecule has 6 heteroatoms. The topological polar surface area (TPSA) is 76.6 Å². The van der Waals surface area contributed by atoms with Crippen molar-refractivity contribution >= 4 is 16.9 Å². The molecule has 0 spiro atoms. The van der Waals surface area contributed by atoms with Crippen LogP contribution in [-0.2, 0) is 6.54 Å². The quantitative estimate of drug-likeness (QED) is 0.519. The number of carbonyl (C=O) groups is 1. The lowest BCUT2D eigenvalue weighted by atomic mass is 10.0. The lowest BCUT2D eigenvalue weighted by Gasteiger charge is -2.16. The molecular weight excluding hydrogens is 344 g/mol. The van der Waals surface area contributed by atoms with Gasteiger partial charge in [0.25, 0.3) is 5.91 Å². The molecular formula is C21H16N2O4. The summed E-state index contributed by atoms with van der Waals surface area (Å²) in [5.41, 5.74) is 2.29. The standard InChI is InChI=1S/C21H16N2O4/c1-23(13-17-9-10-26-22-17)20(24)16-7-4-6-14(11-16)18-12-15-5-2-3-8-19(15)27-21(18)25/h2-12H,13H2,1H3. The molecule has 2 aromatic carbocycles. The van der Waals surface area contributed by atoms with Crippen LogP contribution in [0.5, 0.6) is 0 Å². The second-order valence-corrected chi connectivity index (χ2v) is 6.22. The third kappa shape index (κ3) is 3.37. The van der Waals surface area contributed by atoms with Crippen molar-refractivity contribution in [2.75, 3.05) is 7.05 Å². The highest BCUT2D eigenvalue weighted by atomic mass is 16.5. The first-order valence-electron chi connectivity index (χ1n) is 8.40. The van der Waals surface area contributed by atoms with Crippen LogP contribution < -0.4 is 5.63 Å². The molecule has 4 aromatic rings. The smallest absolute Gasteiger partial charge is 0.344 e. The molecule has 0 aliphatic carbocycles. The number of amides is 1. The highest BCUT2D eigenvalue weighted by Gasteiger charge is 2.15. The Morgan fingerprint density at radius 2 is 1.93 bits per heavy atom. The number of hydrogen-bond donors (Lipinski definition) is 0. The van der Waals surface area contributed by atoms with Gasteiger partial charge in [0.05, 0.1) is 12.1 Å². The summed E-state index contributed by atoms with van der Waals surface area (Å²) in [6.07, 6.45) is 1.47. The van der Waals surface area contributed by atoms with E-state index >= 15 is 0 Å². The summed E-state index contributed by atoms with van der Waals surface area (Å²) in [5.74, 6) is -0.176.